The number of carbonyl (C=O) groups is 1. The molecule has 1 aromatic carbocycles. The maximum Gasteiger partial charge on any atom is 0.317 e. The van der Waals surface area contributed by atoms with Crippen LogP contribution >= 0.6 is 0 Å². The highest BCUT2D eigenvalue weighted by Crippen LogP contribution is 2.33. The molecule has 4 rings (SSSR count). The smallest absolute Gasteiger partial charge is 0.317 e. The second kappa shape index (κ2) is 12.4. The molecule has 3 saturated heterocycles. The minimum atomic E-state index is -0.195. The summed E-state index contributed by atoms with van der Waals surface area (Å²) < 4.78 is 5.97. The van der Waals surface area contributed by atoms with E-state index in [9.17, 15) is 4.79 Å². The summed E-state index contributed by atoms with van der Waals surface area (Å²) in [6.45, 7) is 18.4. The Morgan fingerprint density at radius 1 is 0.889 bits per heavy atom. The second-order valence-corrected chi connectivity index (χ2v) is 12.0. The maximum atomic E-state index is 12.7. The van der Waals surface area contributed by atoms with E-state index in [0.717, 1.165) is 69.7 Å². The molecule has 0 atom stereocenters. The van der Waals surface area contributed by atoms with Gasteiger partial charge >= 0.3 is 6.03 Å². The third-order valence-corrected chi connectivity index (χ3v) is 8.13. The predicted octanol–water partition coefficient (Wildman–Crippen LogP) is 5.24. The summed E-state index contributed by atoms with van der Waals surface area (Å²) in [7, 11) is 0. The lowest BCUT2D eigenvalue weighted by atomic mass is 9.79. The van der Waals surface area contributed by atoms with Gasteiger partial charge in [-0.2, -0.15) is 0 Å². The van der Waals surface area contributed by atoms with Crippen LogP contribution in [0.5, 0.6) is 0 Å². The van der Waals surface area contributed by atoms with Gasteiger partial charge in [0.2, 0.25) is 0 Å². The van der Waals surface area contributed by atoms with Crippen molar-refractivity contribution in [1.82, 2.24) is 20.0 Å². The van der Waals surface area contributed by atoms with E-state index in [4.69, 9.17) is 4.74 Å². The number of hydrogen-bond donors (Lipinski definition) is 1. The zero-order chi connectivity index (χ0) is 25.5. The molecule has 6 heteroatoms. The van der Waals surface area contributed by atoms with E-state index in [1.54, 1.807) is 0 Å². The molecule has 0 aromatic heterocycles. The van der Waals surface area contributed by atoms with Crippen molar-refractivity contribution in [2.24, 2.45) is 11.8 Å². The highest BCUT2D eigenvalue weighted by molar-refractivity contribution is 5.74. The van der Waals surface area contributed by atoms with Gasteiger partial charge in [-0.15, -0.1) is 0 Å². The van der Waals surface area contributed by atoms with Crippen LogP contribution in [0.1, 0.15) is 70.4 Å². The van der Waals surface area contributed by atoms with Crippen molar-refractivity contribution in [3.8, 4) is 0 Å². The van der Waals surface area contributed by atoms with Crippen molar-refractivity contribution in [1.29, 1.82) is 0 Å². The maximum absolute atomic E-state index is 12.7. The largest absolute Gasteiger partial charge is 0.474 e. The summed E-state index contributed by atoms with van der Waals surface area (Å²) in [5.74, 6) is 2.29. The molecule has 1 N–H and O–H groups in total. The van der Waals surface area contributed by atoms with Crippen LogP contribution in [0.4, 0.5) is 4.79 Å². The van der Waals surface area contributed by atoms with E-state index in [1.807, 2.05) is 4.90 Å². The van der Waals surface area contributed by atoms with Crippen LogP contribution < -0.4 is 5.32 Å². The minimum absolute atomic E-state index is 0.101. The highest BCUT2D eigenvalue weighted by Gasteiger charge is 2.31. The molecule has 0 bridgehead atoms. The van der Waals surface area contributed by atoms with Crippen LogP contribution in [0.25, 0.3) is 0 Å². The Balaban J connectivity index is 1.11. The fraction of sp³-hybridized carbons (Fsp3) is 0.700. The molecule has 0 aliphatic carbocycles. The molecule has 3 aliphatic rings. The van der Waals surface area contributed by atoms with Gasteiger partial charge in [0.25, 0.3) is 0 Å². The van der Waals surface area contributed by atoms with Crippen LogP contribution in [-0.2, 0) is 17.7 Å². The number of rotatable bonds is 8. The highest BCUT2D eigenvalue weighted by atomic mass is 16.5. The SMILES string of the molecule is C=C(OC(C)(C)C)N1CCC(C2CCN(C(=O)NCCc3ccc(CN4CCCC4)cc3)CC2)CC1. The first-order chi connectivity index (χ1) is 17.3. The number of nitrogens with one attached hydrogen (secondary N) is 1. The summed E-state index contributed by atoms with van der Waals surface area (Å²) >= 11 is 0. The van der Waals surface area contributed by atoms with Crippen molar-refractivity contribution in [3.05, 3.63) is 47.9 Å². The molecule has 0 saturated carbocycles. The Morgan fingerprint density at radius 3 is 1.97 bits per heavy atom. The molecule has 0 spiro atoms. The van der Waals surface area contributed by atoms with E-state index in [2.05, 4.69) is 66.7 Å². The molecule has 3 fully saturated rings. The van der Waals surface area contributed by atoms with Crippen LogP contribution in [0.15, 0.2) is 36.7 Å². The number of benzene rings is 1. The van der Waals surface area contributed by atoms with E-state index >= 15 is 0 Å². The second-order valence-electron chi connectivity index (χ2n) is 12.0. The number of piperidine rings is 2. The number of urea groups is 1. The molecular formula is C30H48N4O2. The van der Waals surface area contributed by atoms with Crippen molar-refractivity contribution in [2.75, 3.05) is 45.8 Å². The van der Waals surface area contributed by atoms with Crippen LogP contribution in [0.3, 0.4) is 0 Å². The zero-order valence-corrected chi connectivity index (χ0v) is 22.9. The number of likely N-dealkylation sites (tertiary alicyclic amines) is 3. The van der Waals surface area contributed by atoms with Gasteiger partial charge in [-0.05, 0) is 108 Å². The lowest BCUT2D eigenvalue weighted by Crippen LogP contribution is -2.46. The fourth-order valence-electron chi connectivity index (χ4n) is 6.05. The van der Waals surface area contributed by atoms with E-state index < -0.39 is 0 Å². The monoisotopic (exact) mass is 496 g/mol. The molecule has 200 valence electrons. The fourth-order valence-corrected chi connectivity index (χ4v) is 6.05. The Bertz CT molecular complexity index is 841. The number of amides is 2. The van der Waals surface area contributed by atoms with Crippen molar-refractivity contribution < 1.29 is 9.53 Å². The zero-order valence-electron chi connectivity index (χ0n) is 22.9. The molecule has 0 radical (unpaired) electrons. The van der Waals surface area contributed by atoms with Crippen molar-refractivity contribution in [3.63, 3.8) is 0 Å². The third-order valence-electron chi connectivity index (χ3n) is 8.13. The lowest BCUT2D eigenvalue weighted by Gasteiger charge is -2.41. The first-order valence-corrected chi connectivity index (χ1v) is 14.2. The standard InChI is InChI=1S/C30H48N4O2/c1-24(36-30(2,3)4)33-19-12-27(13-20-33)28-14-21-34(22-15-28)29(35)31-16-11-25-7-9-26(10-8-25)23-32-17-5-6-18-32/h7-10,27-28H,1,5-6,11-23H2,2-4H3,(H,31,35). The van der Waals surface area contributed by atoms with E-state index in [0.29, 0.717) is 6.54 Å². The quantitative estimate of drug-likeness (QED) is 0.500. The molecular weight excluding hydrogens is 448 g/mol. The summed E-state index contributed by atoms with van der Waals surface area (Å²) in [6.07, 6.45) is 8.18. The summed E-state index contributed by atoms with van der Waals surface area (Å²) in [5, 5.41) is 3.15. The summed E-state index contributed by atoms with van der Waals surface area (Å²) in [4.78, 5) is 19.6. The Kier molecular flexibility index (Phi) is 9.21. The first-order valence-electron chi connectivity index (χ1n) is 14.2. The topological polar surface area (TPSA) is 48.1 Å². The lowest BCUT2D eigenvalue weighted by molar-refractivity contribution is -0.00990. The van der Waals surface area contributed by atoms with Crippen LogP contribution in [-0.4, -0.2) is 72.1 Å². The van der Waals surface area contributed by atoms with E-state index in [-0.39, 0.29) is 11.6 Å². The number of nitrogens with zero attached hydrogens (tertiary/aromatic N) is 3. The Hall–Kier alpha value is -2.21. The molecule has 3 heterocycles. The molecule has 3 aliphatic heterocycles. The number of hydrogen-bond acceptors (Lipinski definition) is 4. The third kappa shape index (κ3) is 7.89. The van der Waals surface area contributed by atoms with Gasteiger partial charge in [0.05, 0.1) is 0 Å². The van der Waals surface area contributed by atoms with Gasteiger partial charge in [0, 0.05) is 39.3 Å². The van der Waals surface area contributed by atoms with Gasteiger partial charge in [-0.25, -0.2) is 4.79 Å². The van der Waals surface area contributed by atoms with Crippen molar-refractivity contribution >= 4 is 6.03 Å². The van der Waals surface area contributed by atoms with Gasteiger partial charge in [0.15, 0.2) is 5.88 Å². The first kappa shape index (κ1) is 26.8. The molecule has 0 unspecified atom stereocenters. The van der Waals surface area contributed by atoms with Gasteiger partial charge in [0.1, 0.15) is 5.60 Å². The average Bonchev–Trinajstić information content (AvgIpc) is 3.37. The number of carbonyl (C=O) groups excluding carboxylic acids is 1. The Morgan fingerprint density at radius 2 is 1.42 bits per heavy atom. The summed E-state index contributed by atoms with van der Waals surface area (Å²) in [5.41, 5.74) is 2.49. The van der Waals surface area contributed by atoms with Gasteiger partial charge in [-0.1, -0.05) is 24.3 Å². The molecule has 6 nitrogen and oxygen atoms in total. The average molecular weight is 497 g/mol. The molecule has 1 aromatic rings. The van der Waals surface area contributed by atoms with Crippen LogP contribution in [0.2, 0.25) is 0 Å². The molecule has 36 heavy (non-hydrogen) atoms. The Labute approximate surface area is 219 Å². The number of ether oxygens (including phenoxy) is 1. The van der Waals surface area contributed by atoms with Crippen molar-refractivity contribution in [2.45, 2.75) is 77.9 Å². The summed E-state index contributed by atoms with van der Waals surface area (Å²) in [6, 6.07) is 9.04. The normalized spacial score (nSPS) is 20.5. The van der Waals surface area contributed by atoms with E-state index in [1.165, 1.54) is 49.9 Å². The van der Waals surface area contributed by atoms with Gasteiger partial charge in [-0.3, -0.25) is 4.90 Å². The van der Waals surface area contributed by atoms with Crippen LogP contribution in [0, 0.1) is 11.8 Å². The minimum Gasteiger partial charge on any atom is -0.474 e. The van der Waals surface area contributed by atoms with Gasteiger partial charge < -0.3 is 19.9 Å². The predicted molar refractivity (Wildman–Crippen MR) is 147 cm³/mol. The molecule has 2 amide bonds.